The summed E-state index contributed by atoms with van der Waals surface area (Å²) in [5, 5.41) is 4.70. The molecular formula is C20H21N3. The first-order chi connectivity index (χ1) is 11.4. The van der Waals surface area contributed by atoms with Crippen molar-refractivity contribution in [3.63, 3.8) is 0 Å². The molecule has 4 aliphatic heterocycles. The van der Waals surface area contributed by atoms with Crippen LogP contribution >= 0.6 is 0 Å². The van der Waals surface area contributed by atoms with Gasteiger partial charge >= 0.3 is 0 Å². The molecule has 2 atom stereocenters. The molecule has 6 rings (SSSR count). The van der Waals surface area contributed by atoms with E-state index in [9.17, 15) is 0 Å². The second-order valence-electron chi connectivity index (χ2n) is 6.89. The molecule has 0 radical (unpaired) electrons. The van der Waals surface area contributed by atoms with Crippen LogP contribution in [0.3, 0.4) is 0 Å². The van der Waals surface area contributed by atoms with Gasteiger partial charge in [-0.25, -0.2) is 0 Å². The lowest BCUT2D eigenvalue weighted by Gasteiger charge is -2.45. The predicted molar refractivity (Wildman–Crippen MR) is 93.3 cm³/mol. The highest BCUT2D eigenvalue weighted by atomic mass is 15.4. The number of rotatable bonds is 2. The highest BCUT2D eigenvalue weighted by Gasteiger charge is 2.46. The van der Waals surface area contributed by atoms with Gasteiger partial charge in [-0.15, -0.1) is 0 Å². The fraction of sp³-hybridized carbons (Fsp3) is 0.350. The van der Waals surface area contributed by atoms with Crippen molar-refractivity contribution in [2.24, 2.45) is 11.0 Å². The monoisotopic (exact) mass is 303 g/mol. The highest BCUT2D eigenvalue weighted by molar-refractivity contribution is 5.95. The molecular weight excluding hydrogens is 282 g/mol. The van der Waals surface area contributed by atoms with Crippen molar-refractivity contribution in [1.29, 1.82) is 0 Å². The molecule has 2 bridgehead atoms. The summed E-state index contributed by atoms with van der Waals surface area (Å²) in [7, 11) is 0. The van der Waals surface area contributed by atoms with Gasteiger partial charge in [0.15, 0.2) is 0 Å². The second kappa shape index (κ2) is 5.20. The minimum Gasteiger partial charge on any atom is -0.301 e. The van der Waals surface area contributed by atoms with Crippen molar-refractivity contribution in [3.8, 4) is 11.1 Å². The molecule has 3 heteroatoms. The van der Waals surface area contributed by atoms with E-state index in [0.29, 0.717) is 18.0 Å². The van der Waals surface area contributed by atoms with Crippen LogP contribution in [0, 0.1) is 5.92 Å². The van der Waals surface area contributed by atoms with Crippen LogP contribution < -0.4 is 5.43 Å². The summed E-state index contributed by atoms with van der Waals surface area (Å²) in [5.41, 5.74) is 8.72. The number of nitrogens with zero attached hydrogens (tertiary/aromatic N) is 2. The van der Waals surface area contributed by atoms with Crippen molar-refractivity contribution in [2.75, 3.05) is 13.1 Å². The maximum absolute atomic E-state index is 4.70. The van der Waals surface area contributed by atoms with E-state index in [0.717, 1.165) is 0 Å². The van der Waals surface area contributed by atoms with Crippen LogP contribution in [0.5, 0.6) is 0 Å². The third-order valence-electron chi connectivity index (χ3n) is 5.67. The van der Waals surface area contributed by atoms with Gasteiger partial charge in [-0.3, -0.25) is 4.90 Å². The van der Waals surface area contributed by atoms with Crippen molar-refractivity contribution in [1.82, 2.24) is 10.3 Å². The van der Waals surface area contributed by atoms with E-state index >= 15 is 0 Å². The average Bonchev–Trinajstić information content (AvgIpc) is 3.11. The maximum Gasteiger partial charge on any atom is 0.0899 e. The van der Waals surface area contributed by atoms with Gasteiger partial charge in [0.2, 0.25) is 0 Å². The quantitative estimate of drug-likeness (QED) is 0.920. The Kier molecular flexibility index (Phi) is 3.01. The average molecular weight is 303 g/mol. The molecule has 23 heavy (non-hydrogen) atoms. The number of hydrogen-bond acceptors (Lipinski definition) is 3. The van der Waals surface area contributed by atoms with Gasteiger partial charge in [-0.2, -0.15) is 5.10 Å². The van der Waals surface area contributed by atoms with Crippen LogP contribution in [0.25, 0.3) is 11.1 Å². The first-order valence-corrected chi connectivity index (χ1v) is 8.62. The summed E-state index contributed by atoms with van der Waals surface area (Å²) in [4.78, 5) is 2.62. The minimum absolute atomic E-state index is 0.318. The lowest BCUT2D eigenvalue weighted by atomic mass is 9.78. The maximum atomic E-state index is 4.70. The summed E-state index contributed by atoms with van der Waals surface area (Å²) in [6.07, 6.45) is 2.58. The molecule has 3 nitrogen and oxygen atoms in total. The third kappa shape index (κ3) is 2.11. The normalized spacial score (nSPS) is 31.4. The van der Waals surface area contributed by atoms with Gasteiger partial charge in [0.05, 0.1) is 17.8 Å². The van der Waals surface area contributed by atoms with Crippen molar-refractivity contribution >= 4 is 5.71 Å². The fourth-order valence-electron chi connectivity index (χ4n) is 4.43. The highest BCUT2D eigenvalue weighted by Crippen LogP contribution is 2.39. The van der Waals surface area contributed by atoms with Crippen molar-refractivity contribution in [2.45, 2.75) is 24.9 Å². The Morgan fingerprint density at radius 2 is 1.57 bits per heavy atom. The van der Waals surface area contributed by atoms with Gasteiger partial charge in [0.25, 0.3) is 0 Å². The zero-order valence-electron chi connectivity index (χ0n) is 13.2. The number of benzene rings is 2. The molecule has 0 aliphatic carbocycles. The van der Waals surface area contributed by atoms with Gasteiger partial charge in [0.1, 0.15) is 0 Å². The fourth-order valence-corrected chi connectivity index (χ4v) is 4.43. The van der Waals surface area contributed by atoms with Crippen molar-refractivity contribution < 1.29 is 0 Å². The zero-order valence-corrected chi connectivity index (χ0v) is 13.2. The second-order valence-corrected chi connectivity index (χ2v) is 6.89. The number of hydrazone groups is 1. The standard InChI is InChI=1S/C20H21N3/c1-2-4-14(5-3-1)15-6-8-16(9-7-15)18-20-19(22-21-18)17-10-12-23(20)13-11-17/h1-9,17-18,20-21H,10-13H2/t18-,20-/m0/s1. The van der Waals surface area contributed by atoms with E-state index in [1.807, 2.05) is 0 Å². The number of nitrogens with one attached hydrogen (secondary N) is 1. The first-order valence-electron chi connectivity index (χ1n) is 8.62. The van der Waals surface area contributed by atoms with Crippen LogP contribution in [0.2, 0.25) is 0 Å². The van der Waals surface area contributed by atoms with E-state index in [1.165, 1.54) is 48.3 Å². The molecule has 1 N–H and O–H groups in total. The lowest BCUT2D eigenvalue weighted by Crippen LogP contribution is -2.56. The minimum atomic E-state index is 0.318. The third-order valence-corrected chi connectivity index (χ3v) is 5.67. The number of fused-ring (bicyclic) bond motifs is 2. The molecule has 4 aliphatic rings. The Morgan fingerprint density at radius 3 is 2.30 bits per heavy atom. The Bertz CT molecular complexity index is 727. The molecule has 0 spiro atoms. The largest absolute Gasteiger partial charge is 0.301 e. The SMILES string of the molecule is c1ccc(-c2ccc([C@@H]3NN=C4C5CCN(CC5)[C@H]43)cc2)cc1. The van der Waals surface area contributed by atoms with E-state index in [2.05, 4.69) is 64.9 Å². The molecule has 116 valence electrons. The molecule has 0 amide bonds. The summed E-state index contributed by atoms with van der Waals surface area (Å²) in [5.74, 6) is 0.714. The molecule has 3 fully saturated rings. The molecule has 4 heterocycles. The lowest BCUT2D eigenvalue weighted by molar-refractivity contribution is 0.133. The Labute approximate surface area is 137 Å². The van der Waals surface area contributed by atoms with Crippen LogP contribution in [-0.4, -0.2) is 29.7 Å². The van der Waals surface area contributed by atoms with Gasteiger partial charge in [-0.1, -0.05) is 54.6 Å². The van der Waals surface area contributed by atoms with E-state index < -0.39 is 0 Å². The van der Waals surface area contributed by atoms with Crippen LogP contribution in [-0.2, 0) is 0 Å². The topological polar surface area (TPSA) is 27.6 Å². The van der Waals surface area contributed by atoms with Crippen LogP contribution in [0.4, 0.5) is 0 Å². The first kappa shape index (κ1) is 13.3. The molecule has 0 saturated carbocycles. The van der Waals surface area contributed by atoms with Crippen LogP contribution in [0.1, 0.15) is 24.4 Å². The summed E-state index contributed by atoms with van der Waals surface area (Å²) in [6.45, 7) is 2.46. The molecule has 2 aromatic rings. The molecule has 0 aromatic heterocycles. The summed E-state index contributed by atoms with van der Waals surface area (Å²) < 4.78 is 0. The molecule has 2 aromatic carbocycles. The number of piperidine rings is 3. The van der Waals surface area contributed by atoms with E-state index in [-0.39, 0.29) is 0 Å². The summed E-state index contributed by atoms with van der Waals surface area (Å²) >= 11 is 0. The Morgan fingerprint density at radius 1 is 0.870 bits per heavy atom. The van der Waals surface area contributed by atoms with Gasteiger partial charge < -0.3 is 5.43 Å². The smallest absolute Gasteiger partial charge is 0.0899 e. The van der Waals surface area contributed by atoms with Gasteiger partial charge in [-0.05, 0) is 42.6 Å². The van der Waals surface area contributed by atoms with Crippen LogP contribution in [0.15, 0.2) is 59.7 Å². The van der Waals surface area contributed by atoms with Crippen molar-refractivity contribution in [3.05, 3.63) is 60.2 Å². The Balaban J connectivity index is 1.43. The van der Waals surface area contributed by atoms with Gasteiger partial charge in [0, 0.05) is 5.92 Å². The number of hydrogen-bond donors (Lipinski definition) is 1. The van der Waals surface area contributed by atoms with E-state index in [1.54, 1.807) is 0 Å². The zero-order chi connectivity index (χ0) is 15.2. The Hall–Kier alpha value is -2.13. The molecule has 0 unspecified atom stereocenters. The molecule has 3 saturated heterocycles. The van der Waals surface area contributed by atoms with E-state index in [4.69, 9.17) is 5.10 Å². The summed E-state index contributed by atoms with van der Waals surface area (Å²) in [6, 6.07) is 20.4. The predicted octanol–water partition coefficient (Wildman–Crippen LogP) is 3.45.